The zero-order chi connectivity index (χ0) is 21.5. The van der Waals surface area contributed by atoms with Gasteiger partial charge >= 0.3 is 0 Å². The van der Waals surface area contributed by atoms with Gasteiger partial charge < -0.3 is 14.7 Å². The molecule has 1 amide bonds. The Morgan fingerprint density at radius 2 is 1.71 bits per heavy atom. The third-order valence-corrected chi connectivity index (χ3v) is 6.90. The van der Waals surface area contributed by atoms with E-state index in [0.29, 0.717) is 11.6 Å². The second-order valence-electron chi connectivity index (χ2n) is 8.74. The molecule has 0 bridgehead atoms. The van der Waals surface area contributed by atoms with Crippen LogP contribution in [0, 0.1) is 0 Å². The lowest BCUT2D eigenvalue weighted by Gasteiger charge is -2.39. The van der Waals surface area contributed by atoms with Gasteiger partial charge in [0.25, 0.3) is 5.91 Å². The molecule has 0 aliphatic carbocycles. The lowest BCUT2D eigenvalue weighted by molar-refractivity contribution is 0.0549. The number of amides is 1. The molecule has 31 heavy (non-hydrogen) atoms. The van der Waals surface area contributed by atoms with Gasteiger partial charge in [-0.2, -0.15) is 0 Å². The minimum absolute atomic E-state index is 0.131. The number of nitrogens with zero attached hydrogens (tertiary/aromatic N) is 4. The molecule has 5 nitrogen and oxygen atoms in total. The molecular formula is C25H33ClN4O. The fourth-order valence-electron chi connectivity index (χ4n) is 4.75. The van der Waals surface area contributed by atoms with Crippen LogP contribution in [0.5, 0.6) is 0 Å². The van der Waals surface area contributed by atoms with Gasteiger partial charge in [0.15, 0.2) is 0 Å². The van der Waals surface area contributed by atoms with E-state index in [9.17, 15) is 4.79 Å². The maximum absolute atomic E-state index is 13.3. The number of likely N-dealkylation sites (tertiary alicyclic amines) is 2. The normalized spacial score (nSPS) is 18.4. The standard InChI is InChI=1S/C25H33ClN4O/c26-23-7-5-21(6-8-23)9-15-29-16-10-24(11-17-29)30(19-18-28-13-1-2-14-28)25(31)22-4-3-12-27-20-22/h3-8,12,20,24H,1-2,9-11,13-19H2. The van der Waals surface area contributed by atoms with E-state index in [1.54, 1.807) is 12.4 Å². The van der Waals surface area contributed by atoms with Gasteiger partial charge in [0.2, 0.25) is 0 Å². The van der Waals surface area contributed by atoms with Crippen molar-refractivity contribution in [2.45, 2.75) is 38.1 Å². The number of benzene rings is 1. The Kier molecular flexibility index (Phi) is 7.95. The predicted octanol–water partition coefficient (Wildman–Crippen LogP) is 3.98. The van der Waals surface area contributed by atoms with E-state index < -0.39 is 0 Å². The highest BCUT2D eigenvalue weighted by atomic mass is 35.5. The van der Waals surface area contributed by atoms with Crippen molar-refractivity contribution in [3.05, 3.63) is 64.9 Å². The molecule has 4 rings (SSSR count). The average molecular weight is 441 g/mol. The highest BCUT2D eigenvalue weighted by molar-refractivity contribution is 6.30. The average Bonchev–Trinajstić information content (AvgIpc) is 3.34. The van der Waals surface area contributed by atoms with Crippen LogP contribution in [0.3, 0.4) is 0 Å². The fraction of sp³-hybridized carbons (Fsp3) is 0.520. The maximum Gasteiger partial charge on any atom is 0.255 e. The van der Waals surface area contributed by atoms with Crippen LogP contribution in [0.15, 0.2) is 48.8 Å². The molecule has 3 heterocycles. The summed E-state index contributed by atoms with van der Waals surface area (Å²) in [5, 5.41) is 0.789. The quantitative estimate of drug-likeness (QED) is 0.622. The van der Waals surface area contributed by atoms with Crippen LogP contribution in [0.25, 0.3) is 0 Å². The van der Waals surface area contributed by atoms with E-state index in [4.69, 9.17) is 11.6 Å². The number of rotatable bonds is 8. The number of carbonyl (C=O) groups is 1. The smallest absolute Gasteiger partial charge is 0.255 e. The summed E-state index contributed by atoms with van der Waals surface area (Å²) in [6.07, 6.45) is 9.09. The molecule has 1 aromatic carbocycles. The number of piperidine rings is 1. The number of aromatic nitrogens is 1. The lowest BCUT2D eigenvalue weighted by Crippen LogP contribution is -2.49. The molecule has 2 aliphatic heterocycles. The van der Waals surface area contributed by atoms with Crippen molar-refractivity contribution in [1.82, 2.24) is 19.7 Å². The van der Waals surface area contributed by atoms with Gasteiger partial charge in [0, 0.05) is 56.2 Å². The minimum atomic E-state index is 0.131. The summed E-state index contributed by atoms with van der Waals surface area (Å²) in [5.74, 6) is 0.131. The summed E-state index contributed by atoms with van der Waals surface area (Å²) in [6, 6.07) is 12.2. The van der Waals surface area contributed by atoms with Crippen LogP contribution >= 0.6 is 11.6 Å². The third-order valence-electron chi connectivity index (χ3n) is 6.65. The summed E-state index contributed by atoms with van der Waals surface area (Å²) in [7, 11) is 0. The molecule has 2 aromatic rings. The van der Waals surface area contributed by atoms with Gasteiger partial charge in [-0.25, -0.2) is 0 Å². The molecule has 0 radical (unpaired) electrons. The highest BCUT2D eigenvalue weighted by Gasteiger charge is 2.29. The Balaban J connectivity index is 1.33. The zero-order valence-electron chi connectivity index (χ0n) is 18.3. The van der Waals surface area contributed by atoms with Crippen LogP contribution < -0.4 is 0 Å². The molecule has 6 heteroatoms. The zero-order valence-corrected chi connectivity index (χ0v) is 19.0. The molecule has 2 saturated heterocycles. The van der Waals surface area contributed by atoms with Crippen molar-refractivity contribution in [3.63, 3.8) is 0 Å². The summed E-state index contributed by atoms with van der Waals surface area (Å²) in [5.41, 5.74) is 2.03. The van der Waals surface area contributed by atoms with Gasteiger partial charge in [0.05, 0.1) is 5.56 Å². The summed E-state index contributed by atoms with van der Waals surface area (Å²) < 4.78 is 0. The van der Waals surface area contributed by atoms with Crippen molar-refractivity contribution in [2.75, 3.05) is 45.8 Å². The molecule has 2 fully saturated rings. The van der Waals surface area contributed by atoms with Gasteiger partial charge in [-0.3, -0.25) is 9.78 Å². The monoisotopic (exact) mass is 440 g/mol. The van der Waals surface area contributed by atoms with E-state index in [-0.39, 0.29) is 5.91 Å². The highest BCUT2D eigenvalue weighted by Crippen LogP contribution is 2.20. The second kappa shape index (κ2) is 11.1. The van der Waals surface area contributed by atoms with Gasteiger partial charge in [-0.05, 0) is 75.0 Å². The SMILES string of the molecule is O=C(c1cccnc1)N(CCN1CCCC1)C1CCN(CCc2ccc(Cl)cc2)CC1. The lowest BCUT2D eigenvalue weighted by atomic mass is 10.0. The number of halogens is 1. The largest absolute Gasteiger partial charge is 0.334 e. The van der Waals surface area contributed by atoms with Crippen molar-refractivity contribution in [3.8, 4) is 0 Å². The molecule has 0 saturated carbocycles. The summed E-state index contributed by atoms with van der Waals surface area (Å²) in [6.45, 7) is 7.25. The molecule has 0 atom stereocenters. The Labute approximate surface area is 191 Å². The van der Waals surface area contributed by atoms with E-state index in [0.717, 1.165) is 70.1 Å². The van der Waals surface area contributed by atoms with Gasteiger partial charge in [-0.1, -0.05) is 23.7 Å². The number of pyridine rings is 1. The van der Waals surface area contributed by atoms with E-state index in [1.807, 2.05) is 24.3 Å². The predicted molar refractivity (Wildman–Crippen MR) is 126 cm³/mol. The second-order valence-corrected chi connectivity index (χ2v) is 9.17. The first-order chi connectivity index (χ1) is 15.2. The maximum atomic E-state index is 13.3. The van der Waals surface area contributed by atoms with E-state index in [2.05, 4.69) is 31.8 Å². The number of hydrogen-bond donors (Lipinski definition) is 0. The Bertz CT molecular complexity index is 815. The first-order valence-corrected chi connectivity index (χ1v) is 12.0. The molecule has 0 unspecified atom stereocenters. The number of carbonyl (C=O) groups excluding carboxylic acids is 1. The van der Waals surface area contributed by atoms with Crippen LogP contribution in [-0.2, 0) is 6.42 Å². The van der Waals surface area contributed by atoms with Crippen LogP contribution in [0.2, 0.25) is 5.02 Å². The topological polar surface area (TPSA) is 39.7 Å². The third kappa shape index (κ3) is 6.28. The van der Waals surface area contributed by atoms with Crippen LogP contribution in [-0.4, -0.2) is 77.4 Å². The first kappa shape index (κ1) is 22.3. The summed E-state index contributed by atoms with van der Waals surface area (Å²) >= 11 is 5.99. The van der Waals surface area contributed by atoms with Crippen molar-refractivity contribution < 1.29 is 4.79 Å². The summed E-state index contributed by atoms with van der Waals surface area (Å²) in [4.78, 5) is 24.6. The Morgan fingerprint density at radius 1 is 1.00 bits per heavy atom. The van der Waals surface area contributed by atoms with Gasteiger partial charge in [0.1, 0.15) is 0 Å². The van der Waals surface area contributed by atoms with Crippen LogP contribution in [0.1, 0.15) is 41.6 Å². The Hall–Kier alpha value is -1.95. The molecule has 1 aromatic heterocycles. The minimum Gasteiger partial charge on any atom is -0.334 e. The first-order valence-electron chi connectivity index (χ1n) is 11.6. The van der Waals surface area contributed by atoms with E-state index in [1.165, 1.54) is 18.4 Å². The molecule has 0 spiro atoms. The molecular weight excluding hydrogens is 408 g/mol. The van der Waals surface area contributed by atoms with Gasteiger partial charge in [-0.15, -0.1) is 0 Å². The van der Waals surface area contributed by atoms with E-state index >= 15 is 0 Å². The number of hydrogen-bond acceptors (Lipinski definition) is 4. The van der Waals surface area contributed by atoms with Crippen molar-refractivity contribution >= 4 is 17.5 Å². The fourth-order valence-corrected chi connectivity index (χ4v) is 4.88. The molecule has 166 valence electrons. The van der Waals surface area contributed by atoms with Crippen molar-refractivity contribution in [1.29, 1.82) is 0 Å². The molecule has 2 aliphatic rings. The molecule has 0 N–H and O–H groups in total. The Morgan fingerprint density at radius 3 is 2.39 bits per heavy atom. The van der Waals surface area contributed by atoms with Crippen molar-refractivity contribution in [2.24, 2.45) is 0 Å². The van der Waals surface area contributed by atoms with Crippen LogP contribution in [0.4, 0.5) is 0 Å².